The number of carbonyl (C=O) groups excluding carboxylic acids is 1. The molecule has 0 aromatic rings. The summed E-state index contributed by atoms with van der Waals surface area (Å²) in [6.45, 7) is 1.95. The van der Waals surface area contributed by atoms with E-state index in [2.05, 4.69) is 0 Å². The lowest BCUT2D eigenvalue weighted by atomic mass is 9.91. The third kappa shape index (κ3) is 7.27. The Morgan fingerprint density at radius 1 is 1.26 bits per heavy atom. The molecule has 0 saturated heterocycles. The van der Waals surface area contributed by atoms with Crippen LogP contribution >= 0.6 is 0 Å². The van der Waals surface area contributed by atoms with E-state index in [0.29, 0.717) is 12.8 Å². The van der Waals surface area contributed by atoms with Crippen molar-refractivity contribution in [2.45, 2.75) is 76.9 Å². The molecule has 132 valence electrons. The first-order chi connectivity index (χ1) is 11.0. The van der Waals surface area contributed by atoms with Crippen molar-refractivity contribution in [3.8, 4) is 0 Å². The van der Waals surface area contributed by atoms with Crippen LogP contribution < -0.4 is 0 Å². The third-order valence-electron chi connectivity index (χ3n) is 4.62. The number of carboxylic acid groups (broad SMARTS) is 1. The number of aliphatic carboxylic acids is 1. The van der Waals surface area contributed by atoms with Gasteiger partial charge in [-0.3, -0.25) is 9.59 Å². The normalized spacial score (nSPS) is 26.0. The molecule has 1 aliphatic carbocycles. The summed E-state index contributed by atoms with van der Waals surface area (Å²) in [5.41, 5.74) is 0. The van der Waals surface area contributed by atoms with Crippen LogP contribution in [-0.2, 0) is 9.59 Å². The number of hydrogen-bond acceptors (Lipinski definition) is 4. The Morgan fingerprint density at radius 2 is 1.91 bits per heavy atom. The number of ketones is 1. The van der Waals surface area contributed by atoms with E-state index in [9.17, 15) is 19.8 Å². The highest BCUT2D eigenvalue weighted by atomic mass is 16.4. The molecular weight excluding hydrogens is 296 g/mol. The number of rotatable bonds is 11. The zero-order valence-electron chi connectivity index (χ0n) is 14.0. The number of unbranched alkanes of at least 4 members (excludes halogenated alkanes) is 4. The summed E-state index contributed by atoms with van der Waals surface area (Å²) >= 11 is 0. The van der Waals surface area contributed by atoms with E-state index in [1.54, 1.807) is 12.2 Å². The van der Waals surface area contributed by atoms with Crippen LogP contribution in [0.15, 0.2) is 12.2 Å². The Balaban J connectivity index is 2.19. The second-order valence-electron chi connectivity index (χ2n) is 6.48. The Bertz CT molecular complexity index is 404. The number of carboxylic acids is 1. The van der Waals surface area contributed by atoms with E-state index >= 15 is 0 Å². The number of carbonyl (C=O) groups is 2. The lowest BCUT2D eigenvalue weighted by Gasteiger charge is -2.16. The van der Waals surface area contributed by atoms with Crippen molar-refractivity contribution in [2.75, 3.05) is 0 Å². The highest BCUT2D eigenvalue weighted by Gasteiger charge is 2.38. The number of hydrogen-bond donors (Lipinski definition) is 3. The summed E-state index contributed by atoms with van der Waals surface area (Å²) in [4.78, 5) is 22.1. The average molecular weight is 326 g/mol. The quantitative estimate of drug-likeness (QED) is 0.401. The molecule has 0 spiro atoms. The van der Waals surface area contributed by atoms with Gasteiger partial charge >= 0.3 is 5.97 Å². The molecule has 1 aliphatic rings. The molecule has 23 heavy (non-hydrogen) atoms. The Hall–Kier alpha value is -1.20. The predicted octanol–water partition coefficient (Wildman–Crippen LogP) is 2.69. The molecule has 1 saturated carbocycles. The van der Waals surface area contributed by atoms with Gasteiger partial charge in [-0.05, 0) is 19.3 Å². The van der Waals surface area contributed by atoms with Gasteiger partial charge in [-0.15, -0.1) is 0 Å². The van der Waals surface area contributed by atoms with E-state index in [0.717, 1.165) is 32.1 Å². The topological polar surface area (TPSA) is 94.8 Å². The largest absolute Gasteiger partial charge is 0.481 e. The number of Topliss-reactive ketones (excluding diaryl/α,β-unsaturated/α-hetero) is 1. The van der Waals surface area contributed by atoms with Crippen LogP contribution in [0.5, 0.6) is 0 Å². The second kappa shape index (κ2) is 10.6. The van der Waals surface area contributed by atoms with E-state index in [4.69, 9.17) is 5.11 Å². The van der Waals surface area contributed by atoms with Crippen LogP contribution in [0.2, 0.25) is 0 Å². The molecule has 3 N–H and O–H groups in total. The third-order valence-corrected chi connectivity index (χ3v) is 4.62. The standard InChI is InChI=1S/C18H30O5/c1-2-14-15(17(21)12-16(14)20)11-10-13(19)8-6-4-3-5-7-9-18(22)23/h10-11,13-15,17,19,21H,2-9,12H2,1H3,(H,22,23)/t13-,14-,15+,17-/m0/s1. The van der Waals surface area contributed by atoms with Crippen LogP contribution in [0.25, 0.3) is 0 Å². The van der Waals surface area contributed by atoms with Crippen LogP contribution in [-0.4, -0.2) is 39.3 Å². The van der Waals surface area contributed by atoms with Crippen molar-refractivity contribution in [1.29, 1.82) is 0 Å². The first kappa shape index (κ1) is 19.8. The molecule has 5 heteroatoms. The molecule has 0 heterocycles. The zero-order valence-corrected chi connectivity index (χ0v) is 14.0. The van der Waals surface area contributed by atoms with Gasteiger partial charge in [0, 0.05) is 24.7 Å². The van der Waals surface area contributed by atoms with Gasteiger partial charge in [0.2, 0.25) is 0 Å². The maximum atomic E-state index is 11.7. The summed E-state index contributed by atoms with van der Waals surface area (Å²) in [6.07, 6.45) is 8.65. The molecule has 0 bridgehead atoms. The molecule has 0 unspecified atom stereocenters. The highest BCUT2D eigenvalue weighted by molar-refractivity contribution is 5.84. The molecule has 4 atom stereocenters. The predicted molar refractivity (Wildman–Crippen MR) is 88.0 cm³/mol. The molecule has 0 amide bonds. The highest BCUT2D eigenvalue weighted by Crippen LogP contribution is 2.32. The van der Waals surface area contributed by atoms with Gasteiger partial charge in [-0.25, -0.2) is 0 Å². The van der Waals surface area contributed by atoms with Gasteiger partial charge < -0.3 is 15.3 Å². The molecule has 5 nitrogen and oxygen atoms in total. The smallest absolute Gasteiger partial charge is 0.303 e. The summed E-state index contributed by atoms with van der Waals surface area (Å²) in [6, 6.07) is 0. The summed E-state index contributed by atoms with van der Waals surface area (Å²) in [5.74, 6) is -0.921. The second-order valence-corrected chi connectivity index (χ2v) is 6.48. The van der Waals surface area contributed by atoms with Crippen molar-refractivity contribution >= 4 is 11.8 Å². The van der Waals surface area contributed by atoms with Crippen molar-refractivity contribution in [3.63, 3.8) is 0 Å². The fraction of sp³-hybridized carbons (Fsp3) is 0.778. The molecule has 0 aromatic heterocycles. The van der Waals surface area contributed by atoms with Crippen molar-refractivity contribution in [1.82, 2.24) is 0 Å². The minimum absolute atomic E-state index is 0.116. The summed E-state index contributed by atoms with van der Waals surface area (Å²) < 4.78 is 0. The number of aliphatic hydroxyl groups excluding tert-OH is 2. The van der Waals surface area contributed by atoms with E-state index in [1.165, 1.54) is 0 Å². The van der Waals surface area contributed by atoms with Crippen LogP contribution in [0.4, 0.5) is 0 Å². The molecule has 0 aliphatic heterocycles. The Morgan fingerprint density at radius 3 is 2.57 bits per heavy atom. The molecular formula is C18H30O5. The van der Waals surface area contributed by atoms with Crippen molar-refractivity contribution in [2.24, 2.45) is 11.8 Å². The van der Waals surface area contributed by atoms with Crippen molar-refractivity contribution < 1.29 is 24.9 Å². The maximum absolute atomic E-state index is 11.7. The van der Waals surface area contributed by atoms with Crippen molar-refractivity contribution in [3.05, 3.63) is 12.2 Å². The first-order valence-corrected chi connectivity index (χ1v) is 8.74. The fourth-order valence-corrected chi connectivity index (χ4v) is 3.25. The Kier molecular flexibility index (Phi) is 9.10. The molecule has 1 fully saturated rings. The Labute approximate surface area is 138 Å². The number of aliphatic hydroxyl groups is 2. The monoisotopic (exact) mass is 326 g/mol. The summed E-state index contributed by atoms with van der Waals surface area (Å²) in [5, 5.41) is 28.4. The fourth-order valence-electron chi connectivity index (χ4n) is 3.25. The van der Waals surface area contributed by atoms with E-state index < -0.39 is 18.2 Å². The van der Waals surface area contributed by atoms with Gasteiger partial charge in [-0.2, -0.15) is 0 Å². The van der Waals surface area contributed by atoms with Crippen LogP contribution in [0.1, 0.15) is 64.7 Å². The molecule has 0 aromatic carbocycles. The first-order valence-electron chi connectivity index (χ1n) is 8.74. The van der Waals surface area contributed by atoms with E-state index in [-0.39, 0.29) is 30.5 Å². The maximum Gasteiger partial charge on any atom is 0.303 e. The van der Waals surface area contributed by atoms with E-state index in [1.807, 2.05) is 6.92 Å². The van der Waals surface area contributed by atoms with Gasteiger partial charge in [0.05, 0.1) is 12.2 Å². The average Bonchev–Trinajstić information content (AvgIpc) is 2.76. The minimum Gasteiger partial charge on any atom is -0.481 e. The van der Waals surface area contributed by atoms with Gasteiger partial charge in [-0.1, -0.05) is 44.8 Å². The summed E-state index contributed by atoms with van der Waals surface area (Å²) in [7, 11) is 0. The molecule has 1 rings (SSSR count). The lowest BCUT2D eigenvalue weighted by Crippen LogP contribution is -2.18. The van der Waals surface area contributed by atoms with Gasteiger partial charge in [0.25, 0.3) is 0 Å². The minimum atomic E-state index is -0.747. The zero-order chi connectivity index (χ0) is 17.2. The SMILES string of the molecule is CC[C@@H]1C(=O)C[C@H](O)[C@@H]1C=C[C@@H](O)CCCCCCCC(=O)O. The van der Waals surface area contributed by atoms with Crippen LogP contribution in [0.3, 0.4) is 0 Å². The van der Waals surface area contributed by atoms with Crippen LogP contribution in [0, 0.1) is 11.8 Å². The lowest BCUT2D eigenvalue weighted by molar-refractivity contribution is -0.137. The molecule has 0 radical (unpaired) electrons. The van der Waals surface area contributed by atoms with Gasteiger partial charge in [0.1, 0.15) is 5.78 Å². The van der Waals surface area contributed by atoms with Gasteiger partial charge in [0.15, 0.2) is 0 Å².